The highest BCUT2D eigenvalue weighted by molar-refractivity contribution is 6.05. The van der Waals surface area contributed by atoms with Crippen LogP contribution >= 0.6 is 0 Å². The molecular weight excluding hydrogens is 560 g/mol. The molecule has 4 saturated heterocycles. The number of piperidine rings is 1. The Hall–Kier alpha value is -4.09. The molecule has 11 heteroatoms. The molecule has 0 saturated carbocycles. The summed E-state index contributed by atoms with van der Waals surface area (Å²) < 4.78 is 12.0. The van der Waals surface area contributed by atoms with E-state index in [1.165, 1.54) is 12.0 Å². The first kappa shape index (κ1) is 27.5. The van der Waals surface area contributed by atoms with Crippen LogP contribution in [0.4, 0.5) is 5.95 Å². The second-order valence-corrected chi connectivity index (χ2v) is 12.8. The van der Waals surface area contributed by atoms with E-state index in [4.69, 9.17) is 19.4 Å². The lowest BCUT2D eigenvalue weighted by molar-refractivity contribution is -0.136. The van der Waals surface area contributed by atoms with Crippen LogP contribution < -0.4 is 15.0 Å². The molecule has 228 valence electrons. The first-order chi connectivity index (χ1) is 21.4. The molecule has 5 aliphatic heterocycles. The number of aromatic nitrogens is 2. The number of amides is 3. The molecule has 3 amide bonds. The molecule has 1 spiro atoms. The van der Waals surface area contributed by atoms with Crippen LogP contribution in [-0.4, -0.2) is 88.0 Å². The number of carbonyl (C=O) groups excluding carboxylic acids is 3. The Morgan fingerprint density at radius 1 is 1.02 bits per heavy atom. The van der Waals surface area contributed by atoms with E-state index in [-0.39, 0.29) is 29.9 Å². The van der Waals surface area contributed by atoms with Crippen LogP contribution in [0.1, 0.15) is 60.0 Å². The maximum atomic E-state index is 13.0. The highest BCUT2D eigenvalue weighted by atomic mass is 16.5. The van der Waals surface area contributed by atoms with Gasteiger partial charge in [0.15, 0.2) is 0 Å². The van der Waals surface area contributed by atoms with Gasteiger partial charge in [-0.1, -0.05) is 6.07 Å². The summed E-state index contributed by atoms with van der Waals surface area (Å²) in [6.45, 7) is 5.55. The normalized spacial score (nSPS) is 25.0. The number of nitrogens with zero attached hydrogens (tertiary/aromatic N) is 5. The van der Waals surface area contributed by atoms with Gasteiger partial charge in [0, 0.05) is 75.0 Å². The zero-order valence-corrected chi connectivity index (χ0v) is 24.7. The van der Waals surface area contributed by atoms with E-state index in [2.05, 4.69) is 33.3 Å². The highest BCUT2D eigenvalue weighted by Crippen LogP contribution is 2.41. The van der Waals surface area contributed by atoms with Crippen molar-refractivity contribution < 1.29 is 23.9 Å². The van der Waals surface area contributed by atoms with Gasteiger partial charge in [-0.15, -0.1) is 0 Å². The van der Waals surface area contributed by atoms with Crippen LogP contribution in [0, 0.1) is 0 Å². The number of anilines is 1. The van der Waals surface area contributed by atoms with E-state index in [0.29, 0.717) is 18.5 Å². The minimum atomic E-state index is -0.617. The molecule has 44 heavy (non-hydrogen) atoms. The second-order valence-electron chi connectivity index (χ2n) is 12.8. The summed E-state index contributed by atoms with van der Waals surface area (Å²) in [6, 6.07) is 11.4. The fourth-order valence-corrected chi connectivity index (χ4v) is 7.54. The molecule has 6 heterocycles. The van der Waals surface area contributed by atoms with Gasteiger partial charge in [-0.05, 0) is 73.6 Å². The number of benzene rings is 2. The summed E-state index contributed by atoms with van der Waals surface area (Å²) >= 11 is 0. The number of likely N-dealkylation sites (tertiary alicyclic amines) is 1. The Kier molecular flexibility index (Phi) is 6.75. The monoisotopic (exact) mass is 596 g/mol. The maximum Gasteiger partial charge on any atom is 0.255 e. The number of carbonyl (C=O) groups is 3. The van der Waals surface area contributed by atoms with Crippen molar-refractivity contribution in [2.45, 2.75) is 69.3 Å². The molecule has 1 unspecified atom stereocenters. The van der Waals surface area contributed by atoms with Crippen molar-refractivity contribution in [2.75, 3.05) is 37.7 Å². The quantitative estimate of drug-likeness (QED) is 0.429. The molecule has 1 N–H and O–H groups in total. The number of ether oxygens (including phenoxy) is 2. The zero-order valence-electron chi connectivity index (χ0n) is 24.7. The number of nitrogens with one attached hydrogen (secondary N) is 1. The predicted molar refractivity (Wildman–Crippen MR) is 161 cm³/mol. The van der Waals surface area contributed by atoms with E-state index in [9.17, 15) is 14.4 Å². The maximum absolute atomic E-state index is 13.0. The summed E-state index contributed by atoms with van der Waals surface area (Å²) in [5.74, 6) is 0.707. The molecule has 8 rings (SSSR count). The first-order valence-corrected chi connectivity index (χ1v) is 15.7. The van der Waals surface area contributed by atoms with Gasteiger partial charge in [-0.3, -0.25) is 24.6 Å². The number of hydrogen-bond acceptors (Lipinski definition) is 9. The predicted octanol–water partition coefficient (Wildman–Crippen LogP) is 2.80. The van der Waals surface area contributed by atoms with Crippen LogP contribution in [0.5, 0.6) is 5.75 Å². The zero-order chi connectivity index (χ0) is 29.8. The minimum absolute atomic E-state index is 0.0526. The third-order valence-corrected chi connectivity index (χ3v) is 10.1. The van der Waals surface area contributed by atoms with Crippen molar-refractivity contribution in [2.24, 2.45) is 0 Å². The van der Waals surface area contributed by atoms with Gasteiger partial charge in [0.2, 0.25) is 17.8 Å². The first-order valence-electron chi connectivity index (χ1n) is 15.7. The number of hydrogen-bond donors (Lipinski definition) is 1. The van der Waals surface area contributed by atoms with E-state index < -0.39 is 11.9 Å². The van der Waals surface area contributed by atoms with Crippen molar-refractivity contribution in [3.8, 4) is 5.75 Å². The van der Waals surface area contributed by atoms with Gasteiger partial charge in [0.25, 0.3) is 5.91 Å². The van der Waals surface area contributed by atoms with E-state index in [1.54, 1.807) is 11.0 Å². The summed E-state index contributed by atoms with van der Waals surface area (Å²) in [5, 5.41) is 3.41. The Bertz CT molecular complexity index is 1650. The standard InChI is InChI=1S/C33H36N6O5/c40-29-6-5-28(30(41)36-29)38-19-23-16-24(2-3-26(23)31(38)42)44-25-7-11-37(20-25)18-21-1-4-27-22(15-21)17-34-32(35-27)39-12-8-33(39)9-13-43-14-10-33/h1-4,15-17,25,28H,5-14,18-20H2,(H,36,40,41)/t25-,28?/m0/s1. The fraction of sp³-hybridized carbons (Fsp3) is 0.485. The van der Waals surface area contributed by atoms with Gasteiger partial charge in [-0.25, -0.2) is 9.97 Å². The highest BCUT2D eigenvalue weighted by Gasteiger charge is 2.47. The van der Waals surface area contributed by atoms with Crippen LogP contribution in [0.3, 0.4) is 0 Å². The Morgan fingerprint density at radius 3 is 2.73 bits per heavy atom. The largest absolute Gasteiger partial charge is 0.489 e. The van der Waals surface area contributed by atoms with Gasteiger partial charge in [-0.2, -0.15) is 0 Å². The third kappa shape index (κ3) is 4.88. The average molecular weight is 597 g/mol. The molecule has 5 aliphatic rings. The van der Waals surface area contributed by atoms with Crippen LogP contribution in [0.2, 0.25) is 0 Å². The Labute approximate surface area is 255 Å². The summed E-state index contributed by atoms with van der Waals surface area (Å²) in [7, 11) is 0. The molecule has 2 atom stereocenters. The lowest BCUT2D eigenvalue weighted by Crippen LogP contribution is -2.63. The Morgan fingerprint density at radius 2 is 1.91 bits per heavy atom. The average Bonchev–Trinajstić information content (AvgIpc) is 3.60. The molecule has 11 nitrogen and oxygen atoms in total. The van der Waals surface area contributed by atoms with Crippen molar-refractivity contribution in [1.82, 2.24) is 25.1 Å². The number of rotatable bonds is 6. The van der Waals surface area contributed by atoms with Gasteiger partial charge < -0.3 is 19.3 Å². The van der Waals surface area contributed by atoms with Crippen LogP contribution in [-0.2, 0) is 27.4 Å². The van der Waals surface area contributed by atoms with Crippen molar-refractivity contribution in [3.63, 3.8) is 0 Å². The van der Waals surface area contributed by atoms with E-state index in [1.807, 2.05) is 18.3 Å². The lowest BCUT2D eigenvalue weighted by atomic mass is 9.78. The molecular formula is C33H36N6O5. The summed E-state index contributed by atoms with van der Waals surface area (Å²) in [4.78, 5) is 52.9. The lowest BCUT2D eigenvalue weighted by Gasteiger charge is -2.54. The van der Waals surface area contributed by atoms with Crippen molar-refractivity contribution in [3.05, 3.63) is 59.3 Å². The molecule has 0 bridgehead atoms. The van der Waals surface area contributed by atoms with Crippen molar-refractivity contribution in [1.29, 1.82) is 0 Å². The molecule has 4 fully saturated rings. The number of fused-ring (bicyclic) bond motifs is 2. The van der Waals surface area contributed by atoms with Crippen LogP contribution in [0.15, 0.2) is 42.6 Å². The second kappa shape index (κ2) is 10.8. The smallest absolute Gasteiger partial charge is 0.255 e. The summed E-state index contributed by atoms with van der Waals surface area (Å²) in [5.41, 5.74) is 3.82. The van der Waals surface area contributed by atoms with Crippen LogP contribution in [0.25, 0.3) is 10.9 Å². The van der Waals surface area contributed by atoms with Gasteiger partial charge in [0.1, 0.15) is 17.9 Å². The Balaban J connectivity index is 0.882. The summed E-state index contributed by atoms with van der Waals surface area (Å²) in [6.07, 6.45) is 6.80. The molecule has 2 aromatic carbocycles. The van der Waals surface area contributed by atoms with Gasteiger partial charge in [0.05, 0.1) is 5.52 Å². The van der Waals surface area contributed by atoms with E-state index >= 15 is 0 Å². The van der Waals surface area contributed by atoms with Crippen molar-refractivity contribution >= 4 is 34.6 Å². The SMILES string of the molecule is O=C1CCC(N2Cc3cc(O[C@H]4CCN(Cc5ccc6nc(N7CCC78CCOCC8)ncc6c5)C4)ccc3C2=O)C(=O)N1. The minimum Gasteiger partial charge on any atom is -0.489 e. The number of imide groups is 1. The molecule has 3 aromatic rings. The fourth-order valence-electron chi connectivity index (χ4n) is 7.54. The molecule has 0 aliphatic carbocycles. The molecule has 0 radical (unpaired) electrons. The van der Waals surface area contributed by atoms with Gasteiger partial charge >= 0.3 is 0 Å². The topological polar surface area (TPSA) is 117 Å². The third-order valence-electron chi connectivity index (χ3n) is 10.1. The van der Waals surface area contributed by atoms with E-state index in [0.717, 1.165) is 86.8 Å². The molecule has 1 aromatic heterocycles.